The molecular weight excluding hydrogens is 300 g/mol. The first-order valence-corrected chi connectivity index (χ1v) is 5.99. The maximum absolute atomic E-state index is 10.8. The molecule has 94 valence electrons. The number of carboxylic acids is 1. The lowest BCUT2D eigenvalue weighted by Crippen LogP contribution is -2.09. The molecule has 6 heteroatoms. The molecule has 1 heterocycles. The van der Waals surface area contributed by atoms with E-state index in [0.29, 0.717) is 11.4 Å². The molecule has 0 saturated heterocycles. The number of aromatic carboxylic acids is 1. The maximum Gasteiger partial charge on any atom is 0.372 e. The van der Waals surface area contributed by atoms with Gasteiger partial charge < -0.3 is 14.4 Å². The first-order valence-electron chi connectivity index (χ1n) is 5.20. The van der Waals surface area contributed by atoms with Gasteiger partial charge in [-0.3, -0.25) is 0 Å². The smallest absolute Gasteiger partial charge is 0.372 e. The third kappa shape index (κ3) is 2.70. The van der Waals surface area contributed by atoms with Gasteiger partial charge in [-0.1, -0.05) is 22.0 Å². The summed E-state index contributed by atoms with van der Waals surface area (Å²) in [7, 11) is 1.65. The van der Waals surface area contributed by atoms with Crippen LogP contribution >= 0.6 is 15.9 Å². The number of benzene rings is 1. The molecule has 2 aromatic rings. The highest BCUT2D eigenvalue weighted by molar-refractivity contribution is 9.10. The quantitative estimate of drug-likeness (QED) is 0.942. The van der Waals surface area contributed by atoms with Crippen molar-refractivity contribution in [3.05, 3.63) is 46.5 Å². The second kappa shape index (κ2) is 5.22. The third-order valence-corrected chi connectivity index (χ3v) is 2.95. The molecule has 0 saturated carbocycles. The summed E-state index contributed by atoms with van der Waals surface area (Å²) in [5.74, 6) is -0.337. The highest BCUT2D eigenvalue weighted by Crippen LogP contribution is 2.19. The monoisotopic (exact) mass is 310 g/mol. The molecule has 1 N–H and O–H groups in total. The molecule has 0 radical (unpaired) electrons. The van der Waals surface area contributed by atoms with Crippen molar-refractivity contribution in [1.29, 1.82) is 0 Å². The summed E-state index contributed by atoms with van der Waals surface area (Å²) in [6, 6.07) is 7.44. The van der Waals surface area contributed by atoms with Crippen molar-refractivity contribution >= 4 is 21.9 Å². The van der Waals surface area contributed by atoms with Gasteiger partial charge >= 0.3 is 5.97 Å². The number of hydrogen-bond acceptors (Lipinski definition) is 3. The predicted molar refractivity (Wildman–Crippen MR) is 68.6 cm³/mol. The number of aromatic nitrogens is 2. The predicted octanol–water partition coefficient (Wildman–Crippen LogP) is 2.46. The van der Waals surface area contributed by atoms with Crippen LogP contribution in [-0.4, -0.2) is 20.6 Å². The van der Waals surface area contributed by atoms with E-state index in [0.717, 1.165) is 4.47 Å². The number of carboxylic acid groups (broad SMARTS) is 1. The van der Waals surface area contributed by atoms with Gasteiger partial charge in [-0.25, -0.2) is 9.78 Å². The van der Waals surface area contributed by atoms with Crippen LogP contribution in [0.4, 0.5) is 0 Å². The Morgan fingerprint density at radius 3 is 2.94 bits per heavy atom. The Kier molecular flexibility index (Phi) is 3.66. The van der Waals surface area contributed by atoms with Gasteiger partial charge in [0.2, 0.25) is 5.82 Å². The molecule has 0 fully saturated rings. The van der Waals surface area contributed by atoms with Gasteiger partial charge in [-0.2, -0.15) is 0 Å². The van der Waals surface area contributed by atoms with E-state index in [4.69, 9.17) is 9.84 Å². The van der Waals surface area contributed by atoms with Gasteiger partial charge in [0.15, 0.2) is 0 Å². The Labute approximate surface area is 112 Å². The summed E-state index contributed by atoms with van der Waals surface area (Å²) in [6.45, 7) is 0.271. The van der Waals surface area contributed by atoms with E-state index < -0.39 is 5.97 Å². The van der Waals surface area contributed by atoms with Crippen LogP contribution in [-0.2, 0) is 13.7 Å². The molecule has 0 unspecified atom stereocenters. The first-order chi connectivity index (χ1) is 8.58. The largest absolute Gasteiger partial charge is 0.487 e. The molecule has 0 atom stereocenters. The van der Waals surface area contributed by atoms with E-state index >= 15 is 0 Å². The van der Waals surface area contributed by atoms with E-state index in [9.17, 15) is 4.79 Å². The standard InChI is InChI=1S/C12H11BrN2O3/c1-15-9(6-14-11(15)12(16)17)7-18-10-4-2-3-8(13)5-10/h2-6H,7H2,1H3,(H,16,17). The maximum atomic E-state index is 10.8. The molecule has 5 nitrogen and oxygen atoms in total. The minimum absolute atomic E-state index is 0.00263. The van der Waals surface area contributed by atoms with Gasteiger partial charge in [0, 0.05) is 11.5 Å². The van der Waals surface area contributed by atoms with Crippen LogP contribution in [0.15, 0.2) is 34.9 Å². The van der Waals surface area contributed by atoms with Gasteiger partial charge in [0.05, 0.1) is 11.9 Å². The first kappa shape index (κ1) is 12.6. The zero-order chi connectivity index (χ0) is 13.1. The number of carbonyl (C=O) groups is 1. The van der Waals surface area contributed by atoms with Crippen molar-refractivity contribution < 1.29 is 14.6 Å². The van der Waals surface area contributed by atoms with E-state index in [1.54, 1.807) is 7.05 Å². The summed E-state index contributed by atoms with van der Waals surface area (Å²) in [5, 5.41) is 8.87. The molecule has 1 aromatic heterocycles. The summed E-state index contributed by atoms with van der Waals surface area (Å²) >= 11 is 3.35. The molecule has 18 heavy (non-hydrogen) atoms. The van der Waals surface area contributed by atoms with E-state index in [1.807, 2.05) is 24.3 Å². The van der Waals surface area contributed by atoms with Crippen LogP contribution in [0.1, 0.15) is 16.3 Å². The van der Waals surface area contributed by atoms with Crippen LogP contribution < -0.4 is 4.74 Å². The number of rotatable bonds is 4. The Hall–Kier alpha value is -1.82. The summed E-state index contributed by atoms with van der Waals surface area (Å²) in [5.41, 5.74) is 0.701. The molecule has 1 aromatic carbocycles. The Bertz CT molecular complexity index is 580. The van der Waals surface area contributed by atoms with Gasteiger partial charge in [0.25, 0.3) is 0 Å². The zero-order valence-corrected chi connectivity index (χ0v) is 11.2. The van der Waals surface area contributed by atoms with Gasteiger partial charge in [-0.05, 0) is 18.2 Å². The SMILES string of the molecule is Cn1c(COc2cccc(Br)c2)cnc1C(=O)O. The summed E-state index contributed by atoms with van der Waals surface area (Å²) in [6.07, 6.45) is 1.50. The minimum atomic E-state index is -1.05. The Morgan fingerprint density at radius 2 is 2.33 bits per heavy atom. The highest BCUT2D eigenvalue weighted by atomic mass is 79.9. The van der Waals surface area contributed by atoms with E-state index in [1.165, 1.54) is 10.8 Å². The highest BCUT2D eigenvalue weighted by Gasteiger charge is 2.13. The van der Waals surface area contributed by atoms with E-state index in [2.05, 4.69) is 20.9 Å². The van der Waals surface area contributed by atoms with Crippen LogP contribution in [0.3, 0.4) is 0 Å². The summed E-state index contributed by atoms with van der Waals surface area (Å²) in [4.78, 5) is 14.6. The lowest BCUT2D eigenvalue weighted by Gasteiger charge is -2.07. The number of halogens is 1. The average Bonchev–Trinajstić information content (AvgIpc) is 2.68. The zero-order valence-electron chi connectivity index (χ0n) is 9.63. The number of ether oxygens (including phenoxy) is 1. The van der Waals surface area contributed by atoms with Crippen molar-refractivity contribution in [2.45, 2.75) is 6.61 Å². The van der Waals surface area contributed by atoms with Crippen LogP contribution in [0.5, 0.6) is 5.75 Å². The normalized spacial score (nSPS) is 10.3. The Balaban J connectivity index is 2.09. The second-order valence-electron chi connectivity index (χ2n) is 3.68. The number of nitrogens with zero attached hydrogens (tertiary/aromatic N) is 2. The minimum Gasteiger partial charge on any atom is -0.487 e. The topological polar surface area (TPSA) is 64.4 Å². The fraction of sp³-hybridized carbons (Fsp3) is 0.167. The molecule has 0 spiro atoms. The van der Waals surface area contributed by atoms with Crippen molar-refractivity contribution in [2.75, 3.05) is 0 Å². The Morgan fingerprint density at radius 1 is 1.56 bits per heavy atom. The molecule has 0 aliphatic carbocycles. The fourth-order valence-corrected chi connectivity index (χ4v) is 1.87. The second-order valence-corrected chi connectivity index (χ2v) is 4.60. The summed E-state index contributed by atoms with van der Waals surface area (Å²) < 4.78 is 7.99. The molecular formula is C12H11BrN2O3. The van der Waals surface area contributed by atoms with Crippen molar-refractivity contribution in [2.24, 2.45) is 7.05 Å². The molecule has 0 aliphatic rings. The molecule has 0 bridgehead atoms. The third-order valence-electron chi connectivity index (χ3n) is 2.46. The lowest BCUT2D eigenvalue weighted by molar-refractivity contribution is 0.0679. The van der Waals surface area contributed by atoms with Crippen LogP contribution in [0.2, 0.25) is 0 Å². The molecule has 2 rings (SSSR count). The number of hydrogen-bond donors (Lipinski definition) is 1. The van der Waals surface area contributed by atoms with Crippen molar-refractivity contribution in [1.82, 2.24) is 9.55 Å². The molecule has 0 amide bonds. The van der Waals surface area contributed by atoms with Crippen molar-refractivity contribution in [3.63, 3.8) is 0 Å². The number of imidazole rings is 1. The average molecular weight is 311 g/mol. The van der Waals surface area contributed by atoms with Gasteiger partial charge in [-0.15, -0.1) is 0 Å². The lowest BCUT2D eigenvalue weighted by atomic mass is 10.3. The molecule has 0 aliphatic heterocycles. The van der Waals surface area contributed by atoms with Gasteiger partial charge in [0.1, 0.15) is 12.4 Å². The van der Waals surface area contributed by atoms with Crippen molar-refractivity contribution in [3.8, 4) is 5.75 Å². The van der Waals surface area contributed by atoms with Crippen LogP contribution in [0.25, 0.3) is 0 Å². The van der Waals surface area contributed by atoms with Crippen LogP contribution in [0, 0.1) is 0 Å². The van der Waals surface area contributed by atoms with E-state index in [-0.39, 0.29) is 12.4 Å². The fourth-order valence-electron chi connectivity index (χ4n) is 1.49.